The first-order valence-electron chi connectivity index (χ1n) is 5.23. The van der Waals surface area contributed by atoms with Crippen LogP contribution < -0.4 is 14.8 Å². The molecule has 0 spiro atoms. The highest BCUT2D eigenvalue weighted by Crippen LogP contribution is 2.30. The average molecular weight is 233 g/mol. The smallest absolute Gasteiger partial charge is 0.204 e. The molecule has 2 rings (SSSR count). The zero-order valence-electron chi connectivity index (χ0n) is 10.1. The second kappa shape index (κ2) is 4.78. The highest BCUT2D eigenvalue weighted by Gasteiger charge is 2.05. The van der Waals surface area contributed by atoms with Gasteiger partial charge in [-0.2, -0.15) is 0 Å². The molecule has 0 atom stereocenters. The number of hydrogen-bond donors (Lipinski definition) is 2. The van der Waals surface area contributed by atoms with Gasteiger partial charge in [0.2, 0.25) is 5.95 Å². The lowest BCUT2D eigenvalue weighted by Crippen LogP contribution is -1.95. The molecule has 0 radical (unpaired) electrons. The summed E-state index contributed by atoms with van der Waals surface area (Å²) in [6.45, 7) is 1.95. The standard InChI is InChI=1S/C12H15N3O2/c1-8-7-13-12(14-8)15-9-4-5-10(16-2)11(6-9)17-3/h4-7H,1-3H3,(H2,13,14,15). The number of rotatable bonds is 4. The minimum Gasteiger partial charge on any atom is -0.493 e. The fourth-order valence-corrected chi connectivity index (χ4v) is 1.53. The van der Waals surface area contributed by atoms with E-state index in [0.717, 1.165) is 11.4 Å². The number of benzene rings is 1. The number of anilines is 2. The van der Waals surface area contributed by atoms with Gasteiger partial charge in [0.25, 0.3) is 0 Å². The van der Waals surface area contributed by atoms with Gasteiger partial charge in [0, 0.05) is 23.6 Å². The minimum atomic E-state index is 0.681. The van der Waals surface area contributed by atoms with Crippen LogP contribution in [0.25, 0.3) is 0 Å². The van der Waals surface area contributed by atoms with Crippen LogP contribution in [0.15, 0.2) is 24.4 Å². The molecule has 90 valence electrons. The van der Waals surface area contributed by atoms with E-state index in [4.69, 9.17) is 9.47 Å². The summed E-state index contributed by atoms with van der Waals surface area (Å²) < 4.78 is 10.4. The van der Waals surface area contributed by atoms with Crippen molar-refractivity contribution in [1.29, 1.82) is 0 Å². The predicted molar refractivity (Wildman–Crippen MR) is 66.2 cm³/mol. The van der Waals surface area contributed by atoms with Crippen LogP contribution in [0.2, 0.25) is 0 Å². The molecular weight excluding hydrogens is 218 g/mol. The van der Waals surface area contributed by atoms with Crippen LogP contribution in [0, 0.1) is 6.92 Å². The Hall–Kier alpha value is -2.17. The average Bonchev–Trinajstić information content (AvgIpc) is 2.74. The van der Waals surface area contributed by atoms with Crippen molar-refractivity contribution in [3.63, 3.8) is 0 Å². The molecule has 0 saturated carbocycles. The topological polar surface area (TPSA) is 59.2 Å². The number of ether oxygens (including phenoxy) is 2. The highest BCUT2D eigenvalue weighted by atomic mass is 16.5. The quantitative estimate of drug-likeness (QED) is 0.851. The zero-order valence-corrected chi connectivity index (χ0v) is 10.1. The van der Waals surface area contributed by atoms with E-state index >= 15 is 0 Å². The number of H-pyrrole nitrogens is 1. The maximum absolute atomic E-state index is 5.22. The van der Waals surface area contributed by atoms with E-state index < -0.39 is 0 Å². The molecule has 0 fully saturated rings. The first-order valence-corrected chi connectivity index (χ1v) is 5.23. The molecule has 0 aliphatic heterocycles. The van der Waals surface area contributed by atoms with Crippen molar-refractivity contribution in [2.75, 3.05) is 19.5 Å². The van der Waals surface area contributed by atoms with Crippen molar-refractivity contribution in [3.8, 4) is 11.5 Å². The van der Waals surface area contributed by atoms with Gasteiger partial charge >= 0.3 is 0 Å². The van der Waals surface area contributed by atoms with E-state index in [9.17, 15) is 0 Å². The number of aromatic nitrogens is 2. The lowest BCUT2D eigenvalue weighted by Gasteiger charge is -2.09. The SMILES string of the molecule is COc1ccc(Nc2ncc(C)[nH]2)cc1OC. The third kappa shape index (κ3) is 2.50. The first kappa shape index (κ1) is 11.3. The van der Waals surface area contributed by atoms with E-state index in [-0.39, 0.29) is 0 Å². The van der Waals surface area contributed by atoms with Crippen molar-refractivity contribution in [2.24, 2.45) is 0 Å². The van der Waals surface area contributed by atoms with E-state index in [1.54, 1.807) is 20.4 Å². The number of hydrogen-bond acceptors (Lipinski definition) is 4. The number of aryl methyl sites for hydroxylation is 1. The molecule has 0 aliphatic rings. The summed E-state index contributed by atoms with van der Waals surface area (Å²) in [5.74, 6) is 2.09. The minimum absolute atomic E-state index is 0.681. The van der Waals surface area contributed by atoms with Crippen molar-refractivity contribution in [3.05, 3.63) is 30.1 Å². The first-order chi connectivity index (χ1) is 8.22. The Bertz CT molecular complexity index is 508. The van der Waals surface area contributed by atoms with Crippen LogP contribution in [-0.4, -0.2) is 24.2 Å². The van der Waals surface area contributed by atoms with Crippen molar-refractivity contribution in [2.45, 2.75) is 6.92 Å². The van der Waals surface area contributed by atoms with E-state index in [2.05, 4.69) is 15.3 Å². The molecule has 0 saturated heterocycles. The molecule has 1 heterocycles. The number of nitrogens with one attached hydrogen (secondary N) is 2. The van der Waals surface area contributed by atoms with Gasteiger partial charge in [-0.1, -0.05) is 0 Å². The number of imidazole rings is 1. The van der Waals surface area contributed by atoms with Crippen LogP contribution in [0.5, 0.6) is 11.5 Å². The monoisotopic (exact) mass is 233 g/mol. The van der Waals surface area contributed by atoms with E-state index in [1.165, 1.54) is 0 Å². The number of nitrogens with zero attached hydrogens (tertiary/aromatic N) is 1. The second-order valence-electron chi connectivity index (χ2n) is 3.61. The van der Waals surface area contributed by atoms with Crippen molar-refractivity contribution in [1.82, 2.24) is 9.97 Å². The molecule has 0 amide bonds. The van der Waals surface area contributed by atoms with E-state index in [0.29, 0.717) is 17.4 Å². The Balaban J connectivity index is 2.22. The Morgan fingerprint density at radius 3 is 2.53 bits per heavy atom. The Labute approximate surface area is 99.8 Å². The fraction of sp³-hybridized carbons (Fsp3) is 0.250. The summed E-state index contributed by atoms with van der Waals surface area (Å²) in [6, 6.07) is 5.60. The molecule has 5 nitrogen and oxygen atoms in total. The van der Waals surface area contributed by atoms with Gasteiger partial charge in [-0.05, 0) is 19.1 Å². The Kier molecular flexibility index (Phi) is 3.18. The second-order valence-corrected chi connectivity index (χ2v) is 3.61. The molecule has 0 aliphatic carbocycles. The van der Waals surface area contributed by atoms with Crippen LogP contribution in [0.4, 0.5) is 11.6 Å². The van der Waals surface area contributed by atoms with Crippen molar-refractivity contribution >= 4 is 11.6 Å². The summed E-state index contributed by atoms with van der Waals surface area (Å²) >= 11 is 0. The third-order valence-corrected chi connectivity index (χ3v) is 2.35. The van der Waals surface area contributed by atoms with Gasteiger partial charge in [0.1, 0.15) is 0 Å². The molecule has 1 aromatic carbocycles. The number of aromatic amines is 1. The van der Waals surface area contributed by atoms with Gasteiger partial charge in [0.05, 0.1) is 14.2 Å². The molecule has 1 aromatic heterocycles. The molecule has 0 bridgehead atoms. The number of methoxy groups -OCH3 is 2. The fourth-order valence-electron chi connectivity index (χ4n) is 1.53. The van der Waals surface area contributed by atoms with Gasteiger partial charge in [-0.3, -0.25) is 0 Å². The molecule has 5 heteroatoms. The van der Waals surface area contributed by atoms with Crippen LogP contribution in [-0.2, 0) is 0 Å². The summed E-state index contributed by atoms with van der Waals surface area (Å²) in [7, 11) is 3.22. The molecule has 17 heavy (non-hydrogen) atoms. The van der Waals surface area contributed by atoms with E-state index in [1.807, 2.05) is 25.1 Å². The van der Waals surface area contributed by atoms with Crippen LogP contribution >= 0.6 is 0 Å². The van der Waals surface area contributed by atoms with Gasteiger partial charge < -0.3 is 19.8 Å². The Morgan fingerprint density at radius 2 is 1.94 bits per heavy atom. The molecule has 0 unspecified atom stereocenters. The summed E-state index contributed by atoms with van der Waals surface area (Å²) in [5.41, 5.74) is 1.89. The lowest BCUT2D eigenvalue weighted by molar-refractivity contribution is 0.355. The largest absolute Gasteiger partial charge is 0.493 e. The van der Waals surface area contributed by atoms with Crippen LogP contribution in [0.1, 0.15) is 5.69 Å². The zero-order chi connectivity index (χ0) is 12.3. The van der Waals surface area contributed by atoms with Gasteiger partial charge in [-0.15, -0.1) is 0 Å². The third-order valence-electron chi connectivity index (χ3n) is 2.35. The maximum atomic E-state index is 5.22. The predicted octanol–water partition coefficient (Wildman–Crippen LogP) is 2.48. The lowest BCUT2D eigenvalue weighted by atomic mass is 10.3. The summed E-state index contributed by atoms with van der Waals surface area (Å²) in [6.07, 6.45) is 1.77. The summed E-state index contributed by atoms with van der Waals surface area (Å²) in [5, 5.41) is 3.15. The maximum Gasteiger partial charge on any atom is 0.204 e. The molecule has 2 aromatic rings. The van der Waals surface area contributed by atoms with Crippen LogP contribution in [0.3, 0.4) is 0 Å². The Morgan fingerprint density at radius 1 is 1.18 bits per heavy atom. The normalized spacial score (nSPS) is 10.1. The van der Waals surface area contributed by atoms with Crippen molar-refractivity contribution < 1.29 is 9.47 Å². The van der Waals surface area contributed by atoms with Gasteiger partial charge in [-0.25, -0.2) is 4.98 Å². The summed E-state index contributed by atoms with van der Waals surface area (Å²) in [4.78, 5) is 7.27. The molecular formula is C12H15N3O2. The molecule has 2 N–H and O–H groups in total. The van der Waals surface area contributed by atoms with Gasteiger partial charge in [0.15, 0.2) is 11.5 Å². The highest BCUT2D eigenvalue weighted by molar-refractivity contribution is 5.59.